The Balaban J connectivity index is 2.85. The molecule has 5 heteroatoms. The van der Waals surface area contributed by atoms with Gasteiger partial charge in [0.05, 0.1) is 12.1 Å². The van der Waals surface area contributed by atoms with E-state index in [0.29, 0.717) is 17.7 Å². The number of nitrogens with two attached hydrogens (primary N) is 1. The molecular formula is C15H19N3O2. The fourth-order valence-corrected chi connectivity index (χ4v) is 1.60. The van der Waals surface area contributed by atoms with Gasteiger partial charge in [0.15, 0.2) is 0 Å². The van der Waals surface area contributed by atoms with Crippen LogP contribution in [0.15, 0.2) is 24.3 Å². The van der Waals surface area contributed by atoms with Crippen LogP contribution in [0.5, 0.6) is 0 Å². The lowest BCUT2D eigenvalue weighted by atomic mass is 10.1. The summed E-state index contributed by atoms with van der Waals surface area (Å²) >= 11 is 0. The number of carbonyl (C=O) groups excluding carboxylic acids is 2. The maximum atomic E-state index is 12.2. The quantitative estimate of drug-likeness (QED) is 0.688. The number of hydrogen-bond donors (Lipinski definition) is 3. The number of amides is 2. The Labute approximate surface area is 118 Å². The number of nitrogens with one attached hydrogen (secondary N) is 2. The average Bonchev–Trinajstić information content (AvgIpc) is 2.45. The lowest BCUT2D eigenvalue weighted by molar-refractivity contribution is -0.122. The van der Waals surface area contributed by atoms with Crippen LogP contribution in [0.25, 0.3) is 0 Å². The van der Waals surface area contributed by atoms with Crippen LogP contribution >= 0.6 is 0 Å². The van der Waals surface area contributed by atoms with Gasteiger partial charge in [-0.2, -0.15) is 0 Å². The Bertz CT molecular complexity index is 544. The van der Waals surface area contributed by atoms with E-state index in [4.69, 9.17) is 5.73 Å². The molecule has 4 N–H and O–H groups in total. The third kappa shape index (κ3) is 4.41. The SMILES string of the molecule is CCNC(=O)C(C)NC(=O)c1ccccc1C#CCN. The molecule has 0 fully saturated rings. The molecule has 0 aliphatic rings. The van der Waals surface area contributed by atoms with E-state index in [-0.39, 0.29) is 18.4 Å². The molecule has 1 rings (SSSR count). The fraction of sp³-hybridized carbons (Fsp3) is 0.333. The van der Waals surface area contributed by atoms with Gasteiger partial charge in [0.2, 0.25) is 5.91 Å². The molecule has 0 saturated heterocycles. The van der Waals surface area contributed by atoms with E-state index in [1.54, 1.807) is 31.2 Å². The lowest BCUT2D eigenvalue weighted by Crippen LogP contribution is -2.44. The largest absolute Gasteiger partial charge is 0.355 e. The second-order valence-corrected chi connectivity index (χ2v) is 4.14. The Hall–Kier alpha value is -2.32. The summed E-state index contributed by atoms with van der Waals surface area (Å²) in [5.41, 5.74) is 6.36. The predicted octanol–water partition coefficient (Wildman–Crippen LogP) is 0.251. The highest BCUT2D eigenvalue weighted by molar-refractivity contribution is 5.99. The number of carbonyl (C=O) groups is 2. The first-order chi connectivity index (χ1) is 9.60. The van der Waals surface area contributed by atoms with E-state index in [1.165, 1.54) is 0 Å². The summed E-state index contributed by atoms with van der Waals surface area (Å²) in [6, 6.07) is 6.36. The highest BCUT2D eigenvalue weighted by atomic mass is 16.2. The Morgan fingerprint density at radius 1 is 1.35 bits per heavy atom. The minimum atomic E-state index is -0.599. The van der Waals surface area contributed by atoms with Gasteiger partial charge >= 0.3 is 0 Å². The van der Waals surface area contributed by atoms with Gasteiger partial charge in [-0.25, -0.2) is 0 Å². The molecule has 0 bridgehead atoms. The van der Waals surface area contributed by atoms with Crippen LogP contribution in [-0.4, -0.2) is 30.9 Å². The molecule has 106 valence electrons. The van der Waals surface area contributed by atoms with Gasteiger partial charge in [0.1, 0.15) is 6.04 Å². The van der Waals surface area contributed by atoms with E-state index >= 15 is 0 Å². The Morgan fingerprint density at radius 2 is 2.05 bits per heavy atom. The molecule has 0 saturated carbocycles. The topological polar surface area (TPSA) is 84.2 Å². The van der Waals surface area contributed by atoms with Crippen molar-refractivity contribution in [2.45, 2.75) is 19.9 Å². The highest BCUT2D eigenvalue weighted by Crippen LogP contribution is 2.07. The van der Waals surface area contributed by atoms with Crippen molar-refractivity contribution in [2.75, 3.05) is 13.1 Å². The molecular weight excluding hydrogens is 254 g/mol. The molecule has 0 aliphatic carbocycles. The molecule has 20 heavy (non-hydrogen) atoms. The van der Waals surface area contributed by atoms with Gasteiger partial charge in [0, 0.05) is 12.1 Å². The van der Waals surface area contributed by atoms with Crippen LogP contribution in [0.3, 0.4) is 0 Å². The molecule has 1 unspecified atom stereocenters. The maximum absolute atomic E-state index is 12.2. The monoisotopic (exact) mass is 273 g/mol. The molecule has 0 heterocycles. The molecule has 1 atom stereocenters. The van der Waals surface area contributed by atoms with Crippen LogP contribution < -0.4 is 16.4 Å². The van der Waals surface area contributed by atoms with Gasteiger partial charge in [-0.15, -0.1) is 0 Å². The van der Waals surface area contributed by atoms with Crippen molar-refractivity contribution in [3.8, 4) is 11.8 Å². The number of benzene rings is 1. The van der Waals surface area contributed by atoms with Gasteiger partial charge in [0.25, 0.3) is 5.91 Å². The molecule has 0 spiro atoms. The Kier molecular flexibility index (Phi) is 6.27. The van der Waals surface area contributed by atoms with Crippen molar-refractivity contribution in [3.05, 3.63) is 35.4 Å². The van der Waals surface area contributed by atoms with Crippen LogP contribution in [-0.2, 0) is 4.79 Å². The molecule has 1 aromatic carbocycles. The van der Waals surface area contributed by atoms with Gasteiger partial charge in [-0.05, 0) is 26.0 Å². The molecule has 2 amide bonds. The smallest absolute Gasteiger partial charge is 0.253 e. The lowest BCUT2D eigenvalue weighted by Gasteiger charge is -2.14. The summed E-state index contributed by atoms with van der Waals surface area (Å²) in [4.78, 5) is 23.8. The van der Waals surface area contributed by atoms with E-state index in [2.05, 4.69) is 22.5 Å². The highest BCUT2D eigenvalue weighted by Gasteiger charge is 2.17. The maximum Gasteiger partial charge on any atom is 0.253 e. The first-order valence-corrected chi connectivity index (χ1v) is 6.46. The molecule has 1 aromatic rings. The molecule has 0 radical (unpaired) electrons. The van der Waals surface area contributed by atoms with E-state index in [1.807, 2.05) is 6.92 Å². The van der Waals surface area contributed by atoms with Crippen molar-refractivity contribution >= 4 is 11.8 Å². The third-order valence-electron chi connectivity index (χ3n) is 2.59. The zero-order chi connectivity index (χ0) is 15.0. The summed E-state index contributed by atoms with van der Waals surface area (Å²) in [6.07, 6.45) is 0. The zero-order valence-electron chi connectivity index (χ0n) is 11.7. The minimum absolute atomic E-state index is 0.216. The summed E-state index contributed by atoms with van der Waals surface area (Å²) in [6.45, 7) is 4.21. The van der Waals surface area contributed by atoms with Crippen molar-refractivity contribution in [3.63, 3.8) is 0 Å². The van der Waals surface area contributed by atoms with E-state index in [9.17, 15) is 9.59 Å². The van der Waals surface area contributed by atoms with E-state index in [0.717, 1.165) is 0 Å². The summed E-state index contributed by atoms with van der Waals surface area (Å²) in [7, 11) is 0. The average molecular weight is 273 g/mol. The van der Waals surface area contributed by atoms with E-state index < -0.39 is 6.04 Å². The first-order valence-electron chi connectivity index (χ1n) is 6.46. The summed E-state index contributed by atoms with van der Waals surface area (Å²) < 4.78 is 0. The van der Waals surface area contributed by atoms with Crippen LogP contribution in [0.4, 0.5) is 0 Å². The standard InChI is InChI=1S/C15H19N3O2/c1-3-17-14(19)11(2)18-15(20)13-9-5-4-7-12(13)8-6-10-16/h4-5,7,9,11H,3,10,16H2,1-2H3,(H,17,19)(H,18,20). The molecule has 5 nitrogen and oxygen atoms in total. The molecule has 0 aliphatic heterocycles. The van der Waals surface area contributed by atoms with Gasteiger partial charge in [-0.1, -0.05) is 24.0 Å². The normalized spacial score (nSPS) is 10.9. The number of likely N-dealkylation sites (N-methyl/N-ethyl adjacent to an activating group) is 1. The van der Waals surface area contributed by atoms with Crippen LogP contribution in [0.1, 0.15) is 29.8 Å². The van der Waals surface area contributed by atoms with Crippen molar-refractivity contribution in [2.24, 2.45) is 5.73 Å². The van der Waals surface area contributed by atoms with Crippen LogP contribution in [0.2, 0.25) is 0 Å². The second-order valence-electron chi connectivity index (χ2n) is 4.14. The predicted molar refractivity (Wildman–Crippen MR) is 78.0 cm³/mol. The van der Waals surface area contributed by atoms with Crippen molar-refractivity contribution < 1.29 is 9.59 Å². The zero-order valence-corrected chi connectivity index (χ0v) is 11.7. The fourth-order valence-electron chi connectivity index (χ4n) is 1.60. The Morgan fingerprint density at radius 3 is 2.70 bits per heavy atom. The van der Waals surface area contributed by atoms with Crippen LogP contribution in [0, 0.1) is 11.8 Å². The van der Waals surface area contributed by atoms with Crippen molar-refractivity contribution in [1.82, 2.24) is 10.6 Å². The minimum Gasteiger partial charge on any atom is -0.355 e. The van der Waals surface area contributed by atoms with Crippen molar-refractivity contribution in [1.29, 1.82) is 0 Å². The van der Waals surface area contributed by atoms with Gasteiger partial charge < -0.3 is 16.4 Å². The number of hydrogen-bond acceptors (Lipinski definition) is 3. The first kappa shape index (κ1) is 15.7. The van der Waals surface area contributed by atoms with Gasteiger partial charge in [-0.3, -0.25) is 9.59 Å². The third-order valence-corrected chi connectivity index (χ3v) is 2.59. The summed E-state index contributed by atoms with van der Waals surface area (Å²) in [5, 5.41) is 5.30. The summed E-state index contributed by atoms with van der Waals surface area (Å²) in [5.74, 6) is 5.02. The molecule has 0 aromatic heterocycles. The number of rotatable bonds is 4. The second kappa shape index (κ2) is 7.97.